The van der Waals surface area contributed by atoms with E-state index in [9.17, 15) is 9.59 Å². The van der Waals surface area contributed by atoms with Gasteiger partial charge in [0.05, 0.1) is 31.6 Å². The predicted molar refractivity (Wildman–Crippen MR) is 85.9 cm³/mol. The van der Waals surface area contributed by atoms with Crippen molar-refractivity contribution in [1.29, 1.82) is 5.26 Å². The summed E-state index contributed by atoms with van der Waals surface area (Å²) in [5, 5.41) is 29.8. The van der Waals surface area contributed by atoms with Gasteiger partial charge in [-0.25, -0.2) is 4.79 Å². The van der Waals surface area contributed by atoms with E-state index in [0.29, 0.717) is 5.69 Å². The summed E-state index contributed by atoms with van der Waals surface area (Å²) in [6, 6.07) is 8.24. The van der Waals surface area contributed by atoms with Gasteiger partial charge in [-0.15, -0.1) is 0 Å². The van der Waals surface area contributed by atoms with E-state index >= 15 is 0 Å². The van der Waals surface area contributed by atoms with Crippen LogP contribution in [0.2, 0.25) is 0 Å². The highest BCUT2D eigenvalue weighted by Crippen LogP contribution is 2.16. The fourth-order valence-corrected chi connectivity index (χ4v) is 1.92. The van der Waals surface area contributed by atoms with Gasteiger partial charge in [0.15, 0.2) is 0 Å². The maximum absolute atomic E-state index is 12.2. The van der Waals surface area contributed by atoms with E-state index in [1.54, 1.807) is 30.3 Å². The van der Waals surface area contributed by atoms with Crippen molar-refractivity contribution in [2.45, 2.75) is 0 Å². The number of nitrogens with zero attached hydrogens (tertiary/aromatic N) is 2. The minimum Gasteiger partial charge on any atom is -0.465 e. The molecule has 8 nitrogen and oxygen atoms in total. The Kier molecular flexibility index (Phi) is 7.98. The number of nitrogens with one attached hydrogen (secondary N) is 1. The molecular formula is C16H19N3O5. The van der Waals surface area contributed by atoms with Crippen molar-refractivity contribution in [2.24, 2.45) is 0 Å². The third-order valence-corrected chi connectivity index (χ3v) is 3.08. The second kappa shape index (κ2) is 9.99. The van der Waals surface area contributed by atoms with Gasteiger partial charge in [-0.3, -0.25) is 4.79 Å². The summed E-state index contributed by atoms with van der Waals surface area (Å²) in [6.45, 7) is -0.583. The Bertz CT molecular complexity index is 645. The molecule has 0 heterocycles. The number of esters is 1. The number of carbonyl (C=O) groups is 2. The molecule has 1 aromatic carbocycles. The van der Waals surface area contributed by atoms with Gasteiger partial charge in [0.1, 0.15) is 11.6 Å². The van der Waals surface area contributed by atoms with Crippen LogP contribution in [-0.2, 0) is 9.53 Å². The zero-order valence-electron chi connectivity index (χ0n) is 13.2. The molecule has 0 unspecified atom stereocenters. The summed E-state index contributed by atoms with van der Waals surface area (Å²) < 4.78 is 4.66. The molecule has 0 aliphatic carbocycles. The average Bonchev–Trinajstić information content (AvgIpc) is 2.61. The predicted octanol–water partition coefficient (Wildman–Crippen LogP) is 0.106. The molecule has 0 spiro atoms. The van der Waals surface area contributed by atoms with Crippen LogP contribution < -0.4 is 5.32 Å². The van der Waals surface area contributed by atoms with Crippen LogP contribution in [-0.4, -0.2) is 60.4 Å². The number of aliphatic hydroxyl groups is 2. The van der Waals surface area contributed by atoms with Crippen molar-refractivity contribution in [2.75, 3.05) is 38.7 Å². The van der Waals surface area contributed by atoms with Crippen LogP contribution in [0.4, 0.5) is 5.69 Å². The van der Waals surface area contributed by atoms with Gasteiger partial charge in [-0.1, -0.05) is 12.1 Å². The highest BCUT2D eigenvalue weighted by atomic mass is 16.5. The molecule has 0 aliphatic heterocycles. The number of hydrogen-bond donors (Lipinski definition) is 3. The Morgan fingerprint density at radius 2 is 1.92 bits per heavy atom. The number of anilines is 1. The summed E-state index contributed by atoms with van der Waals surface area (Å²) in [6.07, 6.45) is 1.17. The van der Waals surface area contributed by atoms with Gasteiger partial charge >= 0.3 is 5.97 Å². The quantitative estimate of drug-likeness (QED) is 0.350. The lowest BCUT2D eigenvalue weighted by Gasteiger charge is -2.20. The molecule has 1 rings (SSSR count). The Balaban J connectivity index is 3.00. The second-order valence-corrected chi connectivity index (χ2v) is 4.59. The van der Waals surface area contributed by atoms with E-state index in [2.05, 4.69) is 10.1 Å². The molecule has 1 aromatic rings. The Morgan fingerprint density at radius 3 is 2.46 bits per heavy atom. The number of amides is 1. The van der Waals surface area contributed by atoms with E-state index < -0.39 is 11.9 Å². The first-order valence-corrected chi connectivity index (χ1v) is 7.14. The summed E-state index contributed by atoms with van der Waals surface area (Å²) in [7, 11) is 1.25. The van der Waals surface area contributed by atoms with Crippen molar-refractivity contribution in [3.05, 3.63) is 41.6 Å². The van der Waals surface area contributed by atoms with Crippen LogP contribution in [0.1, 0.15) is 10.4 Å². The zero-order chi connectivity index (χ0) is 17.9. The lowest BCUT2D eigenvalue weighted by molar-refractivity contribution is -0.127. The molecule has 0 bridgehead atoms. The first-order valence-electron chi connectivity index (χ1n) is 7.14. The number of ether oxygens (including phenoxy) is 1. The topological polar surface area (TPSA) is 123 Å². The minimum absolute atomic E-state index is 0.00282. The van der Waals surface area contributed by atoms with Crippen LogP contribution >= 0.6 is 0 Å². The van der Waals surface area contributed by atoms with Gasteiger partial charge in [0.25, 0.3) is 5.91 Å². The normalized spacial score (nSPS) is 10.7. The van der Waals surface area contributed by atoms with Crippen LogP contribution in [0, 0.1) is 11.3 Å². The number of benzene rings is 1. The van der Waals surface area contributed by atoms with Crippen molar-refractivity contribution < 1.29 is 24.5 Å². The monoisotopic (exact) mass is 333 g/mol. The number of aliphatic hydroxyl groups excluding tert-OH is 2. The van der Waals surface area contributed by atoms with Crippen molar-refractivity contribution in [3.63, 3.8) is 0 Å². The number of carbonyl (C=O) groups excluding carboxylic acids is 2. The van der Waals surface area contributed by atoms with Crippen molar-refractivity contribution >= 4 is 17.6 Å². The standard InChI is InChI=1S/C16H19N3O5/c1-24-16(23)13-4-2-3-5-14(13)18-11-12(10-17)15(22)19(6-8-20)7-9-21/h2-5,11,18,20-21H,6-9H2,1H3/b12-11-. The van der Waals surface area contributed by atoms with Gasteiger partial charge in [0, 0.05) is 19.3 Å². The molecule has 0 aromatic heterocycles. The molecule has 24 heavy (non-hydrogen) atoms. The van der Waals surface area contributed by atoms with Crippen molar-refractivity contribution in [1.82, 2.24) is 4.90 Å². The van der Waals surface area contributed by atoms with Crippen LogP contribution in [0.5, 0.6) is 0 Å². The molecule has 128 valence electrons. The first-order chi connectivity index (χ1) is 11.6. The van der Waals surface area contributed by atoms with E-state index in [0.717, 1.165) is 4.90 Å². The third kappa shape index (κ3) is 5.08. The largest absolute Gasteiger partial charge is 0.465 e. The SMILES string of the molecule is COC(=O)c1ccccc1N/C=C(/C#N)C(=O)N(CCO)CCO. The molecule has 8 heteroatoms. The molecule has 0 saturated heterocycles. The molecule has 1 amide bonds. The van der Waals surface area contributed by atoms with E-state index in [-0.39, 0.29) is 37.4 Å². The zero-order valence-corrected chi connectivity index (χ0v) is 13.2. The van der Waals surface area contributed by atoms with Gasteiger partial charge in [0.2, 0.25) is 0 Å². The van der Waals surface area contributed by atoms with Crippen LogP contribution in [0.3, 0.4) is 0 Å². The molecule has 0 atom stereocenters. The minimum atomic E-state index is -0.636. The first kappa shape index (κ1) is 19.2. The van der Waals surface area contributed by atoms with Crippen LogP contribution in [0.25, 0.3) is 0 Å². The van der Waals surface area contributed by atoms with Gasteiger partial charge in [-0.05, 0) is 12.1 Å². The smallest absolute Gasteiger partial charge is 0.339 e. The van der Waals surface area contributed by atoms with Crippen LogP contribution in [0.15, 0.2) is 36.0 Å². The molecule has 0 saturated carbocycles. The number of rotatable bonds is 8. The summed E-state index contributed by atoms with van der Waals surface area (Å²) >= 11 is 0. The Morgan fingerprint density at radius 1 is 1.29 bits per heavy atom. The lowest BCUT2D eigenvalue weighted by Crippen LogP contribution is -2.36. The molecule has 0 radical (unpaired) electrons. The number of para-hydroxylation sites is 1. The fourth-order valence-electron chi connectivity index (χ4n) is 1.92. The molecular weight excluding hydrogens is 314 g/mol. The fraction of sp³-hybridized carbons (Fsp3) is 0.312. The van der Waals surface area contributed by atoms with E-state index in [4.69, 9.17) is 15.5 Å². The average molecular weight is 333 g/mol. The second-order valence-electron chi connectivity index (χ2n) is 4.59. The highest BCUT2D eigenvalue weighted by molar-refractivity contribution is 5.98. The Hall–Kier alpha value is -2.89. The van der Waals surface area contributed by atoms with Gasteiger partial charge in [-0.2, -0.15) is 5.26 Å². The molecule has 0 aliphatic rings. The molecule has 0 fully saturated rings. The van der Waals surface area contributed by atoms with E-state index in [1.807, 2.05) is 0 Å². The third-order valence-electron chi connectivity index (χ3n) is 3.08. The maximum atomic E-state index is 12.2. The number of hydrogen-bond acceptors (Lipinski definition) is 7. The van der Waals surface area contributed by atoms with Crippen molar-refractivity contribution in [3.8, 4) is 6.07 Å². The number of nitriles is 1. The molecule has 3 N–H and O–H groups in total. The number of methoxy groups -OCH3 is 1. The highest BCUT2D eigenvalue weighted by Gasteiger charge is 2.18. The summed E-state index contributed by atoms with van der Waals surface area (Å²) in [4.78, 5) is 25.1. The maximum Gasteiger partial charge on any atom is 0.339 e. The Labute approximate surface area is 139 Å². The summed E-state index contributed by atoms with van der Waals surface area (Å²) in [5.74, 6) is -1.19. The summed E-state index contributed by atoms with van der Waals surface area (Å²) in [5.41, 5.74) is 0.404. The lowest BCUT2D eigenvalue weighted by atomic mass is 10.1. The van der Waals surface area contributed by atoms with Gasteiger partial charge < -0.3 is 25.2 Å². The van der Waals surface area contributed by atoms with E-state index in [1.165, 1.54) is 13.3 Å².